The van der Waals surface area contributed by atoms with Crippen LogP contribution in [0, 0.1) is 0 Å². The number of hydrogen-bond donors (Lipinski definition) is 1. The Morgan fingerprint density at radius 2 is 1.74 bits per heavy atom. The summed E-state index contributed by atoms with van der Waals surface area (Å²) in [5.41, 5.74) is 3.29. The van der Waals surface area contributed by atoms with Crippen molar-refractivity contribution in [1.82, 2.24) is 5.01 Å². The van der Waals surface area contributed by atoms with E-state index in [1.165, 1.54) is 5.56 Å². The number of hydrogen-bond acceptors (Lipinski definition) is 3. The van der Waals surface area contributed by atoms with E-state index in [0.717, 1.165) is 22.7 Å². The molecule has 0 spiro atoms. The number of aromatic hydroxyl groups is 1. The standard InChI is InChI=1S/C16H15ClN2O.C3H6/c1-19-16(12-2-6-13(17)7-3-12)10-15(18-19)11-4-8-14(20)9-5-11;1-3-2/h2-9,16,20H,10H2,1H3;3H,1H2,2H3. The molecule has 0 saturated heterocycles. The van der Waals surface area contributed by atoms with Crippen molar-refractivity contribution < 1.29 is 5.11 Å². The number of phenolic OH excluding ortho intramolecular Hbond substituents is 1. The van der Waals surface area contributed by atoms with Crippen molar-refractivity contribution in [2.45, 2.75) is 19.4 Å². The number of nitrogens with zero attached hydrogens (tertiary/aromatic N) is 2. The second-order valence-corrected chi connectivity index (χ2v) is 5.78. The van der Waals surface area contributed by atoms with Gasteiger partial charge in [-0.2, -0.15) is 5.10 Å². The van der Waals surface area contributed by atoms with E-state index in [4.69, 9.17) is 11.6 Å². The van der Waals surface area contributed by atoms with Crippen molar-refractivity contribution in [3.05, 3.63) is 77.3 Å². The van der Waals surface area contributed by atoms with Gasteiger partial charge in [-0.05, 0) is 54.4 Å². The van der Waals surface area contributed by atoms with E-state index in [1.807, 2.05) is 55.4 Å². The molecule has 0 saturated carbocycles. The second kappa shape index (κ2) is 7.84. The van der Waals surface area contributed by atoms with Crippen LogP contribution in [0.2, 0.25) is 5.02 Å². The van der Waals surface area contributed by atoms with Crippen LogP contribution in [0.4, 0.5) is 0 Å². The summed E-state index contributed by atoms with van der Waals surface area (Å²) in [6, 6.07) is 15.3. The van der Waals surface area contributed by atoms with Crippen LogP contribution in [0.5, 0.6) is 5.75 Å². The van der Waals surface area contributed by atoms with Gasteiger partial charge in [0.15, 0.2) is 0 Å². The Kier molecular flexibility index (Phi) is 5.83. The predicted octanol–water partition coefficient (Wildman–Crippen LogP) is 5.02. The highest BCUT2D eigenvalue weighted by atomic mass is 35.5. The van der Waals surface area contributed by atoms with Gasteiger partial charge in [-0.1, -0.05) is 29.8 Å². The summed E-state index contributed by atoms with van der Waals surface area (Å²) in [4.78, 5) is 0. The lowest BCUT2D eigenvalue weighted by atomic mass is 9.99. The fraction of sp³-hybridized carbons (Fsp3) is 0.211. The van der Waals surface area contributed by atoms with Gasteiger partial charge in [0.2, 0.25) is 0 Å². The predicted molar refractivity (Wildman–Crippen MR) is 97.1 cm³/mol. The van der Waals surface area contributed by atoms with Gasteiger partial charge in [-0.3, -0.25) is 5.01 Å². The van der Waals surface area contributed by atoms with E-state index >= 15 is 0 Å². The average Bonchev–Trinajstić information content (AvgIpc) is 2.91. The summed E-state index contributed by atoms with van der Waals surface area (Å²) in [6.07, 6.45) is 2.60. The molecular weight excluding hydrogens is 308 g/mol. The van der Waals surface area contributed by atoms with Crippen molar-refractivity contribution in [1.29, 1.82) is 0 Å². The highest BCUT2D eigenvalue weighted by molar-refractivity contribution is 6.30. The molecule has 0 aliphatic carbocycles. The first kappa shape index (κ1) is 17.1. The zero-order chi connectivity index (χ0) is 16.8. The van der Waals surface area contributed by atoms with Gasteiger partial charge < -0.3 is 5.11 Å². The topological polar surface area (TPSA) is 35.8 Å². The normalized spacial score (nSPS) is 16.4. The van der Waals surface area contributed by atoms with Crippen LogP contribution in [-0.4, -0.2) is 22.9 Å². The quantitative estimate of drug-likeness (QED) is 0.786. The minimum atomic E-state index is 0.232. The van der Waals surface area contributed by atoms with E-state index < -0.39 is 0 Å². The van der Waals surface area contributed by atoms with Gasteiger partial charge in [0.05, 0.1) is 11.8 Å². The molecule has 1 N–H and O–H groups in total. The number of allylic oxidation sites excluding steroid dienone is 1. The Bertz CT molecular complexity index is 678. The first-order valence-corrected chi connectivity index (χ1v) is 7.85. The lowest BCUT2D eigenvalue weighted by Crippen LogP contribution is -2.13. The number of benzene rings is 2. The van der Waals surface area contributed by atoms with Crippen molar-refractivity contribution >= 4 is 17.3 Å². The van der Waals surface area contributed by atoms with Crippen molar-refractivity contribution in [2.75, 3.05) is 7.05 Å². The highest BCUT2D eigenvalue weighted by Crippen LogP contribution is 2.32. The summed E-state index contributed by atoms with van der Waals surface area (Å²) >= 11 is 5.93. The summed E-state index contributed by atoms with van der Waals surface area (Å²) in [6.45, 7) is 5.25. The SMILES string of the molecule is C=CC.CN1N=C(c2ccc(O)cc2)CC1c1ccc(Cl)cc1. The van der Waals surface area contributed by atoms with Crippen LogP contribution in [0.25, 0.3) is 0 Å². The van der Waals surface area contributed by atoms with Crippen molar-refractivity contribution in [3.63, 3.8) is 0 Å². The molecule has 1 aliphatic heterocycles. The maximum atomic E-state index is 9.34. The lowest BCUT2D eigenvalue weighted by molar-refractivity contribution is 0.290. The van der Waals surface area contributed by atoms with E-state index in [2.05, 4.69) is 11.7 Å². The maximum Gasteiger partial charge on any atom is 0.115 e. The van der Waals surface area contributed by atoms with Gasteiger partial charge in [-0.25, -0.2) is 0 Å². The van der Waals surface area contributed by atoms with Crippen LogP contribution in [0.1, 0.15) is 30.5 Å². The molecule has 0 bridgehead atoms. The minimum Gasteiger partial charge on any atom is -0.508 e. The monoisotopic (exact) mass is 328 g/mol. The molecule has 0 amide bonds. The van der Waals surface area contributed by atoms with Gasteiger partial charge in [0, 0.05) is 18.5 Å². The molecule has 0 aromatic heterocycles. The molecule has 3 nitrogen and oxygen atoms in total. The maximum absolute atomic E-state index is 9.34. The Morgan fingerprint density at radius 3 is 2.30 bits per heavy atom. The molecule has 2 aromatic carbocycles. The van der Waals surface area contributed by atoms with E-state index in [9.17, 15) is 5.11 Å². The molecular formula is C19H21ClN2O. The molecule has 0 fully saturated rings. The van der Waals surface area contributed by atoms with Crippen LogP contribution in [0.15, 0.2) is 66.3 Å². The fourth-order valence-electron chi connectivity index (χ4n) is 2.46. The van der Waals surface area contributed by atoms with Crippen LogP contribution in [-0.2, 0) is 0 Å². The van der Waals surface area contributed by atoms with Crippen LogP contribution >= 0.6 is 11.6 Å². The molecule has 1 aliphatic rings. The number of phenols is 1. The Balaban J connectivity index is 0.000000595. The largest absolute Gasteiger partial charge is 0.508 e. The molecule has 4 heteroatoms. The van der Waals surface area contributed by atoms with Gasteiger partial charge in [0.1, 0.15) is 5.75 Å². The Morgan fingerprint density at radius 1 is 1.17 bits per heavy atom. The van der Waals surface area contributed by atoms with E-state index in [0.29, 0.717) is 0 Å². The third kappa shape index (κ3) is 4.36. The third-order valence-electron chi connectivity index (χ3n) is 3.57. The zero-order valence-electron chi connectivity index (χ0n) is 13.4. The number of halogens is 1. The summed E-state index contributed by atoms with van der Waals surface area (Å²) < 4.78 is 0. The molecule has 1 atom stereocenters. The Labute approximate surface area is 142 Å². The zero-order valence-corrected chi connectivity index (χ0v) is 14.2. The average molecular weight is 329 g/mol. The smallest absolute Gasteiger partial charge is 0.115 e. The van der Waals surface area contributed by atoms with Crippen LogP contribution in [0.3, 0.4) is 0 Å². The first-order chi connectivity index (χ1) is 11.0. The van der Waals surface area contributed by atoms with E-state index in [1.54, 1.807) is 18.2 Å². The minimum absolute atomic E-state index is 0.232. The Hall–Kier alpha value is -2.26. The van der Waals surface area contributed by atoms with Crippen molar-refractivity contribution in [3.8, 4) is 5.75 Å². The van der Waals surface area contributed by atoms with Gasteiger partial charge in [-0.15, -0.1) is 6.58 Å². The molecule has 120 valence electrons. The fourth-order valence-corrected chi connectivity index (χ4v) is 2.59. The molecule has 3 rings (SSSR count). The van der Waals surface area contributed by atoms with Gasteiger partial charge >= 0.3 is 0 Å². The van der Waals surface area contributed by atoms with Crippen molar-refractivity contribution in [2.24, 2.45) is 5.10 Å². The summed E-state index contributed by atoms with van der Waals surface area (Å²) in [5.74, 6) is 0.273. The van der Waals surface area contributed by atoms with Crippen LogP contribution < -0.4 is 0 Å². The lowest BCUT2D eigenvalue weighted by Gasteiger charge is -2.18. The number of rotatable bonds is 2. The molecule has 23 heavy (non-hydrogen) atoms. The molecule has 1 heterocycles. The number of hydrazone groups is 1. The molecule has 1 unspecified atom stereocenters. The molecule has 0 radical (unpaired) electrons. The summed E-state index contributed by atoms with van der Waals surface area (Å²) in [7, 11) is 1.98. The second-order valence-electron chi connectivity index (χ2n) is 5.35. The van der Waals surface area contributed by atoms with Gasteiger partial charge in [0.25, 0.3) is 0 Å². The summed E-state index contributed by atoms with van der Waals surface area (Å²) in [5, 5.41) is 16.7. The highest BCUT2D eigenvalue weighted by Gasteiger charge is 2.25. The first-order valence-electron chi connectivity index (χ1n) is 7.47. The van der Waals surface area contributed by atoms with E-state index in [-0.39, 0.29) is 11.8 Å². The third-order valence-corrected chi connectivity index (χ3v) is 3.82. The molecule has 2 aromatic rings.